The van der Waals surface area contributed by atoms with E-state index in [2.05, 4.69) is 0 Å². The van der Waals surface area contributed by atoms with Crippen LogP contribution in [-0.2, 0) is 14.3 Å². The molecule has 2 rings (SSSR count). The average Bonchev–Trinajstić information content (AvgIpc) is 2.34. The van der Waals surface area contributed by atoms with E-state index < -0.39 is 11.4 Å². The molecule has 1 amide bonds. The molecule has 0 saturated carbocycles. The molecule has 4 nitrogen and oxygen atoms in total. The van der Waals surface area contributed by atoms with Crippen molar-refractivity contribution in [3.63, 3.8) is 0 Å². The average molecular weight is 302 g/mol. The summed E-state index contributed by atoms with van der Waals surface area (Å²) in [4.78, 5) is 25.4. The monoisotopic (exact) mass is 301 g/mol. The normalized spacial score (nSPS) is 22.1. The number of nitrogens with zero attached hydrogens (tertiary/aromatic N) is 1. The van der Waals surface area contributed by atoms with Gasteiger partial charge < -0.3 is 9.64 Å². The molecule has 0 spiro atoms. The Balaban J connectivity index is 2.19. The molecule has 1 heterocycles. The van der Waals surface area contributed by atoms with Crippen molar-refractivity contribution in [2.75, 3.05) is 18.1 Å². The van der Waals surface area contributed by atoms with Crippen LogP contribution in [0, 0.1) is 5.41 Å². The fraction of sp³-hybridized carbons (Fsp3) is 0.385. The summed E-state index contributed by atoms with van der Waals surface area (Å²) < 4.78 is 4.91. The number of anilines is 1. The van der Waals surface area contributed by atoms with Crippen LogP contribution in [0.2, 0.25) is 10.0 Å². The second-order valence-corrected chi connectivity index (χ2v) is 5.44. The first-order valence-corrected chi connectivity index (χ1v) is 6.59. The summed E-state index contributed by atoms with van der Waals surface area (Å²) in [5, 5.41) is 0.889. The highest BCUT2D eigenvalue weighted by Crippen LogP contribution is 2.38. The number of β-lactam (4-membered cyclic amide) rings is 1. The van der Waals surface area contributed by atoms with Gasteiger partial charge in [-0.25, -0.2) is 0 Å². The molecule has 0 N–H and O–H groups in total. The highest BCUT2D eigenvalue weighted by Gasteiger charge is 2.55. The third-order valence-corrected chi connectivity index (χ3v) is 3.51. The molecule has 1 aliphatic heterocycles. The van der Waals surface area contributed by atoms with E-state index in [1.807, 2.05) is 0 Å². The number of hydrogen-bond acceptors (Lipinski definition) is 3. The summed E-state index contributed by atoms with van der Waals surface area (Å²) in [6.45, 7) is 3.81. The summed E-state index contributed by atoms with van der Waals surface area (Å²) in [5.74, 6) is -0.798. The van der Waals surface area contributed by atoms with Crippen LogP contribution in [0.15, 0.2) is 18.2 Å². The number of carbonyl (C=O) groups excluding carboxylic acids is 2. The molecule has 0 aliphatic carbocycles. The topological polar surface area (TPSA) is 46.6 Å². The maximum Gasteiger partial charge on any atom is 0.323 e. The van der Waals surface area contributed by atoms with Crippen LogP contribution in [0.3, 0.4) is 0 Å². The van der Waals surface area contributed by atoms with Gasteiger partial charge in [0.2, 0.25) is 5.91 Å². The van der Waals surface area contributed by atoms with Gasteiger partial charge in [0.1, 0.15) is 0 Å². The van der Waals surface area contributed by atoms with Crippen molar-refractivity contribution >= 4 is 40.8 Å². The zero-order valence-electron chi connectivity index (χ0n) is 10.6. The second-order valence-electron chi connectivity index (χ2n) is 4.57. The molecule has 1 unspecified atom stereocenters. The van der Waals surface area contributed by atoms with Gasteiger partial charge >= 0.3 is 5.97 Å². The van der Waals surface area contributed by atoms with Gasteiger partial charge in [0.05, 0.1) is 13.2 Å². The van der Waals surface area contributed by atoms with Crippen molar-refractivity contribution in [3.05, 3.63) is 28.2 Å². The van der Waals surface area contributed by atoms with Crippen LogP contribution < -0.4 is 4.90 Å². The van der Waals surface area contributed by atoms with Gasteiger partial charge in [-0.15, -0.1) is 0 Å². The minimum Gasteiger partial charge on any atom is -0.465 e. The van der Waals surface area contributed by atoms with E-state index in [1.54, 1.807) is 32.0 Å². The maximum absolute atomic E-state index is 12.2. The summed E-state index contributed by atoms with van der Waals surface area (Å²) in [7, 11) is 0. The van der Waals surface area contributed by atoms with E-state index in [9.17, 15) is 9.59 Å². The number of rotatable bonds is 3. The van der Waals surface area contributed by atoms with Crippen LogP contribution in [-0.4, -0.2) is 25.0 Å². The lowest BCUT2D eigenvalue weighted by Crippen LogP contribution is -2.64. The Labute approximate surface area is 121 Å². The van der Waals surface area contributed by atoms with Crippen LogP contribution in [0.4, 0.5) is 5.69 Å². The zero-order valence-corrected chi connectivity index (χ0v) is 12.1. The minimum absolute atomic E-state index is 0.255. The quantitative estimate of drug-likeness (QED) is 0.490. The molecule has 6 heteroatoms. The van der Waals surface area contributed by atoms with E-state index in [0.717, 1.165) is 0 Å². The van der Waals surface area contributed by atoms with Crippen molar-refractivity contribution < 1.29 is 14.3 Å². The number of esters is 1. The number of hydrogen-bond donors (Lipinski definition) is 0. The van der Waals surface area contributed by atoms with Crippen molar-refractivity contribution in [2.24, 2.45) is 5.41 Å². The molecule has 1 aromatic rings. The molecule has 1 saturated heterocycles. The fourth-order valence-corrected chi connectivity index (χ4v) is 2.52. The Hall–Kier alpha value is -1.26. The van der Waals surface area contributed by atoms with Crippen molar-refractivity contribution in [2.45, 2.75) is 13.8 Å². The molecule has 1 fully saturated rings. The third kappa shape index (κ3) is 2.42. The molecule has 0 radical (unpaired) electrons. The van der Waals surface area contributed by atoms with E-state index in [-0.39, 0.29) is 19.1 Å². The first kappa shape index (κ1) is 14.2. The van der Waals surface area contributed by atoms with Gasteiger partial charge in [0, 0.05) is 15.7 Å². The maximum atomic E-state index is 12.2. The third-order valence-electron chi connectivity index (χ3n) is 3.08. The molecule has 19 heavy (non-hydrogen) atoms. The van der Waals surface area contributed by atoms with Crippen molar-refractivity contribution in [1.82, 2.24) is 0 Å². The number of ether oxygens (including phenoxy) is 1. The van der Waals surface area contributed by atoms with Crippen molar-refractivity contribution in [3.8, 4) is 0 Å². The molecule has 1 aromatic carbocycles. The van der Waals surface area contributed by atoms with E-state index >= 15 is 0 Å². The lowest BCUT2D eigenvalue weighted by molar-refractivity contribution is -0.162. The van der Waals surface area contributed by atoms with E-state index in [0.29, 0.717) is 15.7 Å². The molecular weight excluding hydrogens is 289 g/mol. The van der Waals surface area contributed by atoms with Gasteiger partial charge in [0.25, 0.3) is 0 Å². The van der Waals surface area contributed by atoms with Crippen LogP contribution in [0.25, 0.3) is 0 Å². The zero-order chi connectivity index (χ0) is 14.2. The van der Waals surface area contributed by atoms with Gasteiger partial charge in [-0.3, -0.25) is 9.59 Å². The fourth-order valence-electron chi connectivity index (χ4n) is 2.01. The highest BCUT2D eigenvalue weighted by atomic mass is 35.5. The SMILES string of the molecule is CCOC(=O)C1(C)CN(c2cc(Cl)cc(Cl)c2)C1=O. The Morgan fingerprint density at radius 3 is 2.42 bits per heavy atom. The van der Waals surface area contributed by atoms with Gasteiger partial charge in [-0.05, 0) is 32.0 Å². The number of carbonyl (C=O) groups is 2. The lowest BCUT2D eigenvalue weighted by Gasteiger charge is -2.44. The number of halogens is 2. The number of amides is 1. The molecular formula is C13H13Cl2NO3. The first-order chi connectivity index (χ1) is 8.88. The largest absolute Gasteiger partial charge is 0.465 e. The molecule has 0 aromatic heterocycles. The standard InChI is InChI=1S/C13H13Cl2NO3/c1-3-19-12(18)13(2)7-16(11(13)17)10-5-8(14)4-9(15)6-10/h4-6H,3,7H2,1-2H3. The summed E-state index contributed by atoms with van der Waals surface area (Å²) in [5.41, 5.74) is -0.519. The Morgan fingerprint density at radius 1 is 1.37 bits per heavy atom. The van der Waals surface area contributed by atoms with Gasteiger partial charge in [-0.1, -0.05) is 23.2 Å². The lowest BCUT2D eigenvalue weighted by atomic mass is 9.80. The smallest absolute Gasteiger partial charge is 0.323 e. The highest BCUT2D eigenvalue weighted by molar-refractivity contribution is 6.35. The summed E-state index contributed by atoms with van der Waals surface area (Å²) in [6.07, 6.45) is 0. The predicted octanol–water partition coefficient (Wildman–Crippen LogP) is 2.91. The van der Waals surface area contributed by atoms with E-state index in [4.69, 9.17) is 27.9 Å². The van der Waals surface area contributed by atoms with Crippen LogP contribution >= 0.6 is 23.2 Å². The number of benzene rings is 1. The van der Waals surface area contributed by atoms with Gasteiger partial charge in [0.15, 0.2) is 5.41 Å². The second kappa shape index (κ2) is 5.02. The summed E-state index contributed by atoms with van der Waals surface area (Å²) >= 11 is 11.8. The van der Waals surface area contributed by atoms with Crippen LogP contribution in [0.1, 0.15) is 13.8 Å². The predicted molar refractivity (Wildman–Crippen MR) is 73.6 cm³/mol. The Bertz CT molecular complexity index is 526. The minimum atomic E-state index is -1.11. The Kier molecular flexibility index (Phi) is 3.74. The first-order valence-electron chi connectivity index (χ1n) is 5.84. The molecule has 0 bridgehead atoms. The Morgan fingerprint density at radius 2 is 1.95 bits per heavy atom. The summed E-state index contributed by atoms with van der Waals surface area (Å²) in [6, 6.07) is 4.85. The van der Waals surface area contributed by atoms with Crippen molar-refractivity contribution in [1.29, 1.82) is 0 Å². The molecule has 1 atom stereocenters. The van der Waals surface area contributed by atoms with Gasteiger partial charge in [-0.2, -0.15) is 0 Å². The molecule has 1 aliphatic rings. The van der Waals surface area contributed by atoms with Crippen LogP contribution in [0.5, 0.6) is 0 Å². The van der Waals surface area contributed by atoms with E-state index in [1.165, 1.54) is 4.90 Å². The molecule has 102 valence electrons.